The Kier molecular flexibility index (Phi) is 3.69. The molecule has 0 radical (unpaired) electrons. The van der Waals surface area contributed by atoms with Gasteiger partial charge >= 0.3 is 0 Å². The summed E-state index contributed by atoms with van der Waals surface area (Å²) in [5.74, 6) is 1.73. The minimum absolute atomic E-state index is 0.0481. The summed E-state index contributed by atoms with van der Waals surface area (Å²) >= 11 is 0. The summed E-state index contributed by atoms with van der Waals surface area (Å²) in [6.07, 6.45) is 2.62. The molecule has 1 aliphatic rings. The lowest BCUT2D eigenvalue weighted by Crippen LogP contribution is -2.34. The fraction of sp³-hybridized carbons (Fsp3) is 0.538. The van der Waals surface area contributed by atoms with E-state index in [4.69, 9.17) is 10.9 Å². The predicted molar refractivity (Wildman–Crippen MR) is 72.0 cm³/mol. The fourth-order valence-electron chi connectivity index (χ4n) is 1.92. The molecule has 0 aromatic carbocycles. The smallest absolute Gasteiger partial charge is 0.188 e. The van der Waals surface area contributed by atoms with E-state index in [0.717, 1.165) is 18.3 Å². The Bertz CT molecular complexity index is 440. The minimum atomic E-state index is 0.0481. The number of hydrogen-bond donors (Lipinski definition) is 2. The van der Waals surface area contributed by atoms with Crippen molar-refractivity contribution in [3.63, 3.8) is 0 Å². The van der Waals surface area contributed by atoms with Gasteiger partial charge in [-0.1, -0.05) is 11.2 Å². The van der Waals surface area contributed by atoms with E-state index in [-0.39, 0.29) is 5.84 Å². The van der Waals surface area contributed by atoms with Crippen LogP contribution in [0.3, 0.4) is 0 Å². The van der Waals surface area contributed by atoms with E-state index in [2.05, 4.69) is 28.9 Å². The van der Waals surface area contributed by atoms with E-state index in [1.165, 1.54) is 12.8 Å². The molecule has 0 bridgehead atoms. The summed E-state index contributed by atoms with van der Waals surface area (Å²) in [4.78, 5) is 6.73. The molecule has 98 valence electrons. The van der Waals surface area contributed by atoms with Gasteiger partial charge in [0, 0.05) is 12.6 Å². The molecule has 0 aliphatic heterocycles. The van der Waals surface area contributed by atoms with Gasteiger partial charge in [0.15, 0.2) is 5.84 Å². The number of oxime groups is 1. The summed E-state index contributed by atoms with van der Waals surface area (Å²) in [5.41, 5.74) is 6.08. The van der Waals surface area contributed by atoms with Gasteiger partial charge in [-0.25, -0.2) is 4.98 Å². The molecule has 1 aliphatic carbocycles. The third-order valence-electron chi connectivity index (χ3n) is 3.17. The third kappa shape index (κ3) is 2.91. The largest absolute Gasteiger partial charge is 0.409 e. The first-order valence-electron chi connectivity index (χ1n) is 6.33. The maximum atomic E-state index is 8.69. The van der Waals surface area contributed by atoms with Gasteiger partial charge in [0.25, 0.3) is 0 Å². The van der Waals surface area contributed by atoms with Crippen LogP contribution in [0.15, 0.2) is 23.4 Å². The van der Waals surface area contributed by atoms with E-state index < -0.39 is 0 Å². The van der Waals surface area contributed by atoms with Crippen LogP contribution in [-0.2, 0) is 0 Å². The van der Waals surface area contributed by atoms with E-state index >= 15 is 0 Å². The predicted octanol–water partition coefficient (Wildman–Crippen LogP) is 1.80. The maximum Gasteiger partial charge on any atom is 0.188 e. The summed E-state index contributed by atoms with van der Waals surface area (Å²) in [7, 11) is 0. The van der Waals surface area contributed by atoms with Crippen molar-refractivity contribution in [2.24, 2.45) is 16.8 Å². The Morgan fingerprint density at radius 1 is 1.56 bits per heavy atom. The first kappa shape index (κ1) is 12.7. The van der Waals surface area contributed by atoms with Gasteiger partial charge < -0.3 is 15.8 Å². The van der Waals surface area contributed by atoms with Gasteiger partial charge in [-0.2, -0.15) is 0 Å². The van der Waals surface area contributed by atoms with Gasteiger partial charge in [-0.15, -0.1) is 0 Å². The number of rotatable bonds is 5. The normalized spacial score (nSPS) is 16.1. The van der Waals surface area contributed by atoms with Crippen LogP contribution in [0.2, 0.25) is 0 Å². The maximum absolute atomic E-state index is 8.69. The molecular formula is C13H20N4O. The van der Waals surface area contributed by atoms with Gasteiger partial charge in [0.2, 0.25) is 0 Å². The Balaban J connectivity index is 2.23. The molecule has 1 aromatic heterocycles. The SMILES string of the molecule is CC(C)N(CC1CC1)c1cccc(C(N)=NO)n1. The number of pyridine rings is 1. The lowest BCUT2D eigenvalue weighted by atomic mass is 10.2. The second-order valence-electron chi connectivity index (χ2n) is 5.06. The molecule has 0 amide bonds. The molecule has 18 heavy (non-hydrogen) atoms. The molecule has 1 fully saturated rings. The van der Waals surface area contributed by atoms with Gasteiger partial charge in [0.05, 0.1) is 0 Å². The molecule has 1 saturated carbocycles. The molecule has 0 atom stereocenters. The summed E-state index contributed by atoms with van der Waals surface area (Å²) < 4.78 is 0. The number of anilines is 1. The highest BCUT2D eigenvalue weighted by Crippen LogP contribution is 2.31. The van der Waals surface area contributed by atoms with Gasteiger partial charge in [-0.05, 0) is 44.7 Å². The molecule has 5 heteroatoms. The molecule has 2 rings (SSSR count). The summed E-state index contributed by atoms with van der Waals surface area (Å²) in [6, 6.07) is 5.99. The van der Waals surface area contributed by atoms with Gasteiger partial charge in [0.1, 0.15) is 11.5 Å². The standard InChI is InChI=1S/C13H20N4O/c1-9(2)17(8-10-6-7-10)12-5-3-4-11(15-12)13(14)16-18/h3-5,9-10,18H,6-8H2,1-2H3,(H2,14,16). The number of aromatic nitrogens is 1. The van der Waals surface area contributed by atoms with Crippen LogP contribution in [0.25, 0.3) is 0 Å². The minimum Gasteiger partial charge on any atom is -0.409 e. The topological polar surface area (TPSA) is 74.7 Å². The number of amidine groups is 1. The lowest BCUT2D eigenvalue weighted by Gasteiger charge is -2.28. The lowest BCUT2D eigenvalue weighted by molar-refractivity contribution is 0.318. The van der Waals surface area contributed by atoms with Crippen molar-refractivity contribution in [3.05, 3.63) is 23.9 Å². The number of nitrogens with two attached hydrogens (primary N) is 1. The van der Waals surface area contributed by atoms with Crippen molar-refractivity contribution in [3.8, 4) is 0 Å². The first-order valence-corrected chi connectivity index (χ1v) is 6.33. The zero-order chi connectivity index (χ0) is 13.1. The van der Waals surface area contributed by atoms with Crippen molar-refractivity contribution in [2.75, 3.05) is 11.4 Å². The van der Waals surface area contributed by atoms with Crippen molar-refractivity contribution < 1.29 is 5.21 Å². The zero-order valence-corrected chi connectivity index (χ0v) is 10.9. The highest BCUT2D eigenvalue weighted by atomic mass is 16.4. The number of hydrogen-bond acceptors (Lipinski definition) is 4. The van der Waals surface area contributed by atoms with Gasteiger partial charge in [-0.3, -0.25) is 0 Å². The van der Waals surface area contributed by atoms with Crippen LogP contribution < -0.4 is 10.6 Å². The van der Waals surface area contributed by atoms with E-state index in [1.54, 1.807) is 6.07 Å². The second-order valence-corrected chi connectivity index (χ2v) is 5.06. The van der Waals surface area contributed by atoms with Crippen LogP contribution in [-0.4, -0.2) is 28.6 Å². The van der Waals surface area contributed by atoms with Crippen LogP contribution in [0.5, 0.6) is 0 Å². The fourth-order valence-corrected chi connectivity index (χ4v) is 1.92. The van der Waals surface area contributed by atoms with E-state index in [1.807, 2.05) is 12.1 Å². The quantitative estimate of drug-likeness (QED) is 0.360. The van der Waals surface area contributed by atoms with Crippen LogP contribution in [0.4, 0.5) is 5.82 Å². The molecule has 5 nitrogen and oxygen atoms in total. The summed E-state index contributed by atoms with van der Waals surface area (Å²) in [5, 5.41) is 11.7. The Morgan fingerprint density at radius 2 is 2.28 bits per heavy atom. The average Bonchev–Trinajstić information content (AvgIpc) is 3.18. The molecule has 0 saturated heterocycles. The Labute approximate surface area is 107 Å². The van der Waals surface area contributed by atoms with Crippen LogP contribution in [0, 0.1) is 5.92 Å². The van der Waals surface area contributed by atoms with Crippen molar-refractivity contribution >= 4 is 11.7 Å². The van der Waals surface area contributed by atoms with E-state index in [0.29, 0.717) is 11.7 Å². The van der Waals surface area contributed by atoms with Crippen LogP contribution >= 0.6 is 0 Å². The van der Waals surface area contributed by atoms with Crippen molar-refractivity contribution in [1.82, 2.24) is 4.98 Å². The first-order chi connectivity index (χ1) is 8.61. The Hall–Kier alpha value is -1.78. The highest BCUT2D eigenvalue weighted by molar-refractivity contribution is 5.95. The zero-order valence-electron chi connectivity index (χ0n) is 10.9. The van der Waals surface area contributed by atoms with E-state index in [9.17, 15) is 0 Å². The second kappa shape index (κ2) is 5.25. The van der Waals surface area contributed by atoms with Crippen LogP contribution in [0.1, 0.15) is 32.4 Å². The third-order valence-corrected chi connectivity index (χ3v) is 3.17. The molecular weight excluding hydrogens is 228 g/mol. The molecule has 3 N–H and O–H groups in total. The van der Waals surface area contributed by atoms with Crippen molar-refractivity contribution in [1.29, 1.82) is 0 Å². The number of nitrogens with zero attached hydrogens (tertiary/aromatic N) is 3. The molecule has 0 unspecified atom stereocenters. The molecule has 1 aromatic rings. The highest BCUT2D eigenvalue weighted by Gasteiger charge is 2.26. The molecule has 0 spiro atoms. The average molecular weight is 248 g/mol. The molecule has 1 heterocycles. The summed E-state index contributed by atoms with van der Waals surface area (Å²) in [6.45, 7) is 5.34. The Morgan fingerprint density at radius 3 is 2.83 bits per heavy atom. The van der Waals surface area contributed by atoms with Crippen molar-refractivity contribution in [2.45, 2.75) is 32.7 Å². The monoisotopic (exact) mass is 248 g/mol.